The Bertz CT molecular complexity index is 123. The molecule has 0 aliphatic carbocycles. The molecule has 0 bridgehead atoms. The molecule has 3 nitrogen and oxygen atoms in total. The number of rotatable bonds is 4. The summed E-state index contributed by atoms with van der Waals surface area (Å²) in [5.41, 5.74) is 0.0535. The molecule has 1 heterocycles. The van der Waals surface area contributed by atoms with Gasteiger partial charge in [0, 0.05) is 20.2 Å². The fraction of sp³-hybridized carbons (Fsp3) is 1.00. The van der Waals surface area contributed by atoms with Gasteiger partial charge in [0.1, 0.15) is 0 Å². The van der Waals surface area contributed by atoms with E-state index in [0.29, 0.717) is 6.61 Å². The first-order valence-corrected chi connectivity index (χ1v) is 4.04. The van der Waals surface area contributed by atoms with E-state index < -0.39 is 0 Å². The van der Waals surface area contributed by atoms with E-state index in [-0.39, 0.29) is 11.7 Å². The van der Waals surface area contributed by atoms with Gasteiger partial charge in [-0.15, -0.1) is 0 Å². The van der Waals surface area contributed by atoms with Crippen molar-refractivity contribution in [2.24, 2.45) is 0 Å². The lowest BCUT2D eigenvalue weighted by Crippen LogP contribution is -2.60. The van der Waals surface area contributed by atoms with Crippen LogP contribution in [0.25, 0.3) is 0 Å². The topological polar surface area (TPSA) is 30.5 Å². The van der Waals surface area contributed by atoms with Crippen molar-refractivity contribution < 1.29 is 9.47 Å². The first kappa shape index (κ1) is 8.97. The molecule has 0 amide bonds. The Morgan fingerprint density at radius 2 is 2.18 bits per heavy atom. The molecule has 1 aliphatic rings. The normalized spacial score (nSPS) is 24.3. The number of hydrogen-bond donors (Lipinski definition) is 1. The van der Waals surface area contributed by atoms with Crippen LogP contribution in [-0.2, 0) is 9.47 Å². The van der Waals surface area contributed by atoms with E-state index in [1.165, 1.54) is 0 Å². The summed E-state index contributed by atoms with van der Waals surface area (Å²) in [6, 6.07) is 0. The van der Waals surface area contributed by atoms with E-state index in [1.807, 2.05) is 6.92 Å². The van der Waals surface area contributed by atoms with Crippen LogP contribution in [0.2, 0.25) is 0 Å². The van der Waals surface area contributed by atoms with Gasteiger partial charge in [0.2, 0.25) is 0 Å². The second-order valence-electron chi connectivity index (χ2n) is 3.44. The van der Waals surface area contributed by atoms with Crippen LogP contribution < -0.4 is 5.32 Å². The van der Waals surface area contributed by atoms with Crippen molar-refractivity contribution in [1.82, 2.24) is 5.32 Å². The monoisotopic (exact) mass is 159 g/mol. The first-order chi connectivity index (χ1) is 5.16. The number of nitrogens with one attached hydrogen (secondary N) is 1. The highest BCUT2D eigenvalue weighted by molar-refractivity contribution is 4.90. The maximum Gasteiger partial charge on any atom is 0.0906 e. The van der Waals surface area contributed by atoms with Gasteiger partial charge in [-0.1, -0.05) is 0 Å². The predicted octanol–water partition coefficient (Wildman–Crippen LogP) is 0.400. The van der Waals surface area contributed by atoms with Gasteiger partial charge >= 0.3 is 0 Å². The highest BCUT2D eigenvalue weighted by atomic mass is 16.5. The van der Waals surface area contributed by atoms with Crippen molar-refractivity contribution in [3.8, 4) is 0 Å². The quantitative estimate of drug-likeness (QED) is 0.644. The van der Waals surface area contributed by atoms with Crippen LogP contribution in [0.1, 0.15) is 13.8 Å². The van der Waals surface area contributed by atoms with Crippen molar-refractivity contribution >= 4 is 0 Å². The van der Waals surface area contributed by atoms with Crippen LogP contribution in [0.15, 0.2) is 0 Å². The van der Waals surface area contributed by atoms with Gasteiger partial charge in [0.05, 0.1) is 18.3 Å². The van der Waals surface area contributed by atoms with E-state index in [1.54, 1.807) is 7.11 Å². The Balaban J connectivity index is 2.18. The predicted molar refractivity (Wildman–Crippen MR) is 43.7 cm³/mol. The summed E-state index contributed by atoms with van der Waals surface area (Å²) >= 11 is 0. The van der Waals surface area contributed by atoms with Crippen LogP contribution in [0, 0.1) is 0 Å². The van der Waals surface area contributed by atoms with Crippen LogP contribution in [0.3, 0.4) is 0 Å². The Labute approximate surface area is 68.1 Å². The van der Waals surface area contributed by atoms with Crippen LogP contribution in [0.4, 0.5) is 0 Å². The minimum absolute atomic E-state index is 0.0535. The molecule has 0 radical (unpaired) electrons. The van der Waals surface area contributed by atoms with E-state index in [4.69, 9.17) is 9.47 Å². The molecule has 66 valence electrons. The van der Waals surface area contributed by atoms with Gasteiger partial charge in [0.25, 0.3) is 0 Å². The third kappa shape index (κ3) is 2.43. The van der Waals surface area contributed by atoms with Crippen molar-refractivity contribution in [3.05, 3.63) is 0 Å². The van der Waals surface area contributed by atoms with Crippen LogP contribution in [-0.4, -0.2) is 38.5 Å². The zero-order valence-corrected chi connectivity index (χ0v) is 7.52. The standard InChI is InChI=1S/C8H17NO2/c1-7(4-10-3)11-8(2)5-9-6-8/h7,9H,4-6H2,1-3H3. The summed E-state index contributed by atoms with van der Waals surface area (Å²) in [4.78, 5) is 0. The van der Waals surface area contributed by atoms with Crippen molar-refractivity contribution in [3.63, 3.8) is 0 Å². The third-order valence-corrected chi connectivity index (χ3v) is 1.88. The lowest BCUT2D eigenvalue weighted by atomic mass is 10.00. The fourth-order valence-corrected chi connectivity index (χ4v) is 1.31. The summed E-state index contributed by atoms with van der Waals surface area (Å²) in [6.45, 7) is 6.75. The van der Waals surface area contributed by atoms with E-state index in [2.05, 4.69) is 12.2 Å². The Morgan fingerprint density at radius 1 is 1.55 bits per heavy atom. The van der Waals surface area contributed by atoms with Crippen molar-refractivity contribution in [2.75, 3.05) is 26.8 Å². The second kappa shape index (κ2) is 3.52. The number of ether oxygens (including phenoxy) is 2. The highest BCUT2D eigenvalue weighted by Gasteiger charge is 2.33. The zero-order valence-electron chi connectivity index (χ0n) is 7.52. The highest BCUT2D eigenvalue weighted by Crippen LogP contribution is 2.17. The van der Waals surface area contributed by atoms with Gasteiger partial charge in [-0.25, -0.2) is 0 Å². The molecule has 1 saturated heterocycles. The summed E-state index contributed by atoms with van der Waals surface area (Å²) in [6.07, 6.45) is 0.201. The third-order valence-electron chi connectivity index (χ3n) is 1.88. The van der Waals surface area contributed by atoms with E-state index in [0.717, 1.165) is 13.1 Å². The number of methoxy groups -OCH3 is 1. The molecule has 0 saturated carbocycles. The lowest BCUT2D eigenvalue weighted by Gasteiger charge is -2.41. The SMILES string of the molecule is COCC(C)OC1(C)CNC1. The van der Waals surface area contributed by atoms with Gasteiger partial charge in [-0.3, -0.25) is 0 Å². The van der Waals surface area contributed by atoms with E-state index >= 15 is 0 Å². The molecule has 1 aliphatic heterocycles. The molecule has 1 rings (SSSR count). The maximum absolute atomic E-state index is 5.73. The summed E-state index contributed by atoms with van der Waals surface area (Å²) in [5.74, 6) is 0. The second-order valence-corrected chi connectivity index (χ2v) is 3.44. The van der Waals surface area contributed by atoms with Crippen molar-refractivity contribution in [2.45, 2.75) is 25.6 Å². The molecule has 1 unspecified atom stereocenters. The molecule has 0 spiro atoms. The summed E-state index contributed by atoms with van der Waals surface area (Å²) < 4.78 is 10.7. The zero-order chi connectivity index (χ0) is 8.32. The molecule has 1 fully saturated rings. The minimum atomic E-state index is 0.0535. The molecule has 11 heavy (non-hydrogen) atoms. The van der Waals surface area contributed by atoms with Crippen LogP contribution >= 0.6 is 0 Å². The molecule has 0 aromatic carbocycles. The van der Waals surface area contributed by atoms with Crippen molar-refractivity contribution in [1.29, 1.82) is 0 Å². The van der Waals surface area contributed by atoms with Gasteiger partial charge in [-0.05, 0) is 13.8 Å². The molecule has 3 heteroatoms. The first-order valence-electron chi connectivity index (χ1n) is 4.04. The largest absolute Gasteiger partial charge is 0.382 e. The molecular weight excluding hydrogens is 142 g/mol. The number of hydrogen-bond acceptors (Lipinski definition) is 3. The summed E-state index contributed by atoms with van der Waals surface area (Å²) in [5, 5.41) is 3.18. The maximum atomic E-state index is 5.73. The van der Waals surface area contributed by atoms with E-state index in [9.17, 15) is 0 Å². The van der Waals surface area contributed by atoms with Gasteiger partial charge < -0.3 is 14.8 Å². The average molecular weight is 159 g/mol. The summed E-state index contributed by atoms with van der Waals surface area (Å²) in [7, 11) is 1.70. The minimum Gasteiger partial charge on any atom is -0.382 e. The average Bonchev–Trinajstić information content (AvgIpc) is 1.85. The lowest BCUT2D eigenvalue weighted by molar-refractivity contribution is -0.121. The fourth-order valence-electron chi connectivity index (χ4n) is 1.31. The molecule has 1 N–H and O–H groups in total. The Hall–Kier alpha value is -0.120. The smallest absolute Gasteiger partial charge is 0.0906 e. The van der Waals surface area contributed by atoms with Crippen LogP contribution in [0.5, 0.6) is 0 Å². The molecule has 0 aromatic heterocycles. The molecule has 0 aromatic rings. The molecular formula is C8H17NO2. The molecule has 1 atom stereocenters. The van der Waals surface area contributed by atoms with Gasteiger partial charge in [-0.2, -0.15) is 0 Å². The Morgan fingerprint density at radius 3 is 2.55 bits per heavy atom. The van der Waals surface area contributed by atoms with Gasteiger partial charge in [0.15, 0.2) is 0 Å². The Kier molecular flexibility index (Phi) is 2.87.